The minimum Gasteiger partial charge on any atom is -0.203 e. The molecule has 0 amide bonds. The zero-order valence-electron chi connectivity index (χ0n) is 21.9. The van der Waals surface area contributed by atoms with Crippen molar-refractivity contribution < 1.29 is 8.78 Å². The molecule has 0 bridgehead atoms. The molecule has 0 aliphatic heterocycles. The first kappa shape index (κ1) is 26.1. The van der Waals surface area contributed by atoms with Crippen molar-refractivity contribution in [2.75, 3.05) is 0 Å². The van der Waals surface area contributed by atoms with Crippen molar-refractivity contribution in [3.63, 3.8) is 0 Å². The summed E-state index contributed by atoms with van der Waals surface area (Å²) in [7, 11) is 0. The number of allylic oxidation sites excluding steroid dienone is 2. The Morgan fingerprint density at radius 3 is 2.11 bits per heavy atom. The van der Waals surface area contributed by atoms with Crippen molar-refractivity contribution in [3.05, 3.63) is 82.4 Å². The van der Waals surface area contributed by atoms with E-state index in [4.69, 9.17) is 0 Å². The topological polar surface area (TPSA) is 0 Å². The van der Waals surface area contributed by atoms with Gasteiger partial charge in [-0.3, -0.25) is 0 Å². The Bertz CT molecular complexity index is 942. The molecule has 2 aliphatic rings. The fourth-order valence-electron chi connectivity index (χ4n) is 6.48. The van der Waals surface area contributed by atoms with Gasteiger partial charge >= 0.3 is 0 Å². The zero-order chi connectivity index (χ0) is 24.6. The molecule has 2 saturated carbocycles. The molecule has 190 valence electrons. The molecule has 0 radical (unpaired) electrons. The number of aryl methyl sites for hydroxylation is 2. The van der Waals surface area contributed by atoms with E-state index in [0.717, 1.165) is 44.4 Å². The molecule has 0 spiro atoms. The first-order valence-corrected chi connectivity index (χ1v) is 14.3. The Hall–Kier alpha value is -1.96. The van der Waals surface area contributed by atoms with Gasteiger partial charge in [0.05, 0.1) is 0 Å². The summed E-state index contributed by atoms with van der Waals surface area (Å²) in [6, 6.07) is 12.7. The van der Waals surface area contributed by atoms with Gasteiger partial charge in [-0.2, -0.15) is 0 Å². The minimum absolute atomic E-state index is 0.132. The Kier molecular flexibility index (Phi) is 9.58. The van der Waals surface area contributed by atoms with Crippen molar-refractivity contribution in [1.29, 1.82) is 0 Å². The first-order chi connectivity index (χ1) is 17.1. The van der Waals surface area contributed by atoms with Gasteiger partial charge in [0.1, 0.15) is 0 Å². The quantitative estimate of drug-likeness (QED) is 0.314. The fourth-order valence-corrected chi connectivity index (χ4v) is 6.48. The Labute approximate surface area is 212 Å². The Morgan fingerprint density at radius 2 is 1.46 bits per heavy atom. The summed E-state index contributed by atoms with van der Waals surface area (Å²) in [5.41, 5.74) is 3.87. The molecule has 2 aliphatic carbocycles. The smallest absolute Gasteiger partial charge is 0.162 e. The van der Waals surface area contributed by atoms with Crippen LogP contribution >= 0.6 is 0 Å². The second kappa shape index (κ2) is 12.8. The number of hydrogen-bond donors (Lipinski definition) is 0. The van der Waals surface area contributed by atoms with Gasteiger partial charge in [-0.25, -0.2) is 8.78 Å². The van der Waals surface area contributed by atoms with E-state index in [0.29, 0.717) is 29.4 Å². The van der Waals surface area contributed by atoms with Crippen LogP contribution in [0.1, 0.15) is 119 Å². The van der Waals surface area contributed by atoms with E-state index >= 15 is 4.39 Å². The second-order valence-electron chi connectivity index (χ2n) is 11.1. The molecule has 0 unspecified atom stereocenters. The maximum Gasteiger partial charge on any atom is 0.162 e. The summed E-state index contributed by atoms with van der Waals surface area (Å²) in [6.45, 7) is 4.45. The molecule has 35 heavy (non-hydrogen) atoms. The lowest BCUT2D eigenvalue weighted by Crippen LogP contribution is -2.14. The molecule has 2 aromatic rings. The predicted octanol–water partition coefficient (Wildman–Crippen LogP) is 10.1. The van der Waals surface area contributed by atoms with Crippen LogP contribution in [0.5, 0.6) is 0 Å². The maximum atomic E-state index is 15.1. The lowest BCUT2D eigenvalue weighted by Gasteiger charge is -2.29. The van der Waals surface area contributed by atoms with Crippen molar-refractivity contribution in [2.45, 2.75) is 109 Å². The Balaban J connectivity index is 1.27. The predicted molar refractivity (Wildman–Crippen MR) is 144 cm³/mol. The number of rotatable bonds is 9. The average Bonchev–Trinajstić information content (AvgIpc) is 2.90. The minimum atomic E-state index is -0.617. The Morgan fingerprint density at radius 1 is 0.771 bits per heavy atom. The van der Waals surface area contributed by atoms with Crippen molar-refractivity contribution in [2.24, 2.45) is 11.8 Å². The summed E-state index contributed by atoms with van der Waals surface area (Å²) < 4.78 is 30.0. The molecular formula is C33H44F2. The SMILES string of the molecule is CCCC1CCC(/C=C/CCc2ccc(C3CCC(c4ccc(CC)cc4)CC3)c(F)c2F)CC1. The summed E-state index contributed by atoms with van der Waals surface area (Å²) in [6.07, 6.45) is 18.8. The first-order valence-electron chi connectivity index (χ1n) is 14.3. The number of benzene rings is 2. The van der Waals surface area contributed by atoms with Gasteiger partial charge in [0, 0.05) is 0 Å². The van der Waals surface area contributed by atoms with E-state index in [1.54, 1.807) is 0 Å². The van der Waals surface area contributed by atoms with Gasteiger partial charge in [0.15, 0.2) is 11.6 Å². The van der Waals surface area contributed by atoms with E-state index in [1.165, 1.54) is 49.7 Å². The van der Waals surface area contributed by atoms with Crippen LogP contribution in [0.3, 0.4) is 0 Å². The lowest BCUT2D eigenvalue weighted by atomic mass is 9.76. The zero-order valence-corrected chi connectivity index (χ0v) is 21.9. The highest BCUT2D eigenvalue weighted by atomic mass is 19.2. The van der Waals surface area contributed by atoms with E-state index in [-0.39, 0.29) is 5.92 Å². The van der Waals surface area contributed by atoms with E-state index in [1.807, 2.05) is 12.1 Å². The molecule has 2 heteroatoms. The molecule has 2 aromatic carbocycles. The second-order valence-corrected chi connectivity index (χ2v) is 11.1. The summed E-state index contributed by atoms with van der Waals surface area (Å²) in [4.78, 5) is 0. The highest BCUT2D eigenvalue weighted by Gasteiger charge is 2.27. The normalized spacial score (nSPS) is 25.3. The van der Waals surface area contributed by atoms with Gasteiger partial charge in [-0.05, 0) is 117 Å². The molecule has 0 N–H and O–H groups in total. The fraction of sp³-hybridized carbons (Fsp3) is 0.576. The molecule has 4 rings (SSSR count). The third-order valence-corrected chi connectivity index (χ3v) is 8.80. The van der Waals surface area contributed by atoms with Crippen LogP contribution in [0, 0.1) is 23.5 Å². The third kappa shape index (κ3) is 6.83. The van der Waals surface area contributed by atoms with E-state index in [9.17, 15) is 4.39 Å². The molecule has 0 nitrogen and oxygen atoms in total. The summed E-state index contributed by atoms with van der Waals surface area (Å²) in [5, 5.41) is 0. The number of halogens is 2. The molecule has 0 atom stereocenters. The van der Waals surface area contributed by atoms with Gasteiger partial charge < -0.3 is 0 Å². The molecule has 2 fully saturated rings. The maximum absolute atomic E-state index is 15.1. The summed E-state index contributed by atoms with van der Waals surface area (Å²) >= 11 is 0. The van der Waals surface area contributed by atoms with Crippen molar-refractivity contribution in [3.8, 4) is 0 Å². The van der Waals surface area contributed by atoms with Crippen molar-refractivity contribution >= 4 is 0 Å². The molecular weight excluding hydrogens is 434 g/mol. The number of hydrogen-bond acceptors (Lipinski definition) is 0. The molecule has 0 heterocycles. The highest BCUT2D eigenvalue weighted by Crippen LogP contribution is 2.42. The van der Waals surface area contributed by atoms with Crippen LogP contribution < -0.4 is 0 Å². The third-order valence-electron chi connectivity index (χ3n) is 8.80. The highest BCUT2D eigenvalue weighted by molar-refractivity contribution is 5.31. The van der Waals surface area contributed by atoms with E-state index < -0.39 is 11.6 Å². The van der Waals surface area contributed by atoms with Crippen LogP contribution in [0.25, 0.3) is 0 Å². The standard InChI is InChI=1S/C33H44F2/c1-3-7-25-10-12-26(13-11-25)8-5-6-9-30-22-23-31(33(35)32(30)34)29-20-18-28(19-21-29)27-16-14-24(4-2)15-17-27/h5,8,14-17,22-23,25-26,28-29H,3-4,6-7,9-13,18-21H2,1-2H3/b8-5+. The average molecular weight is 479 g/mol. The van der Waals surface area contributed by atoms with Crippen LogP contribution in [-0.4, -0.2) is 0 Å². The lowest BCUT2D eigenvalue weighted by molar-refractivity contribution is 0.294. The van der Waals surface area contributed by atoms with Crippen molar-refractivity contribution in [1.82, 2.24) is 0 Å². The largest absolute Gasteiger partial charge is 0.203 e. The van der Waals surface area contributed by atoms with Crippen LogP contribution in [0.15, 0.2) is 48.6 Å². The summed E-state index contributed by atoms with van der Waals surface area (Å²) in [5.74, 6) is 1.05. The van der Waals surface area contributed by atoms with Gasteiger partial charge in [0.2, 0.25) is 0 Å². The van der Waals surface area contributed by atoms with Gasteiger partial charge in [0.25, 0.3) is 0 Å². The van der Waals surface area contributed by atoms with Crippen LogP contribution in [0.4, 0.5) is 8.78 Å². The van der Waals surface area contributed by atoms with Gasteiger partial charge in [-0.1, -0.05) is 75.2 Å². The molecule has 0 aromatic heterocycles. The van der Waals surface area contributed by atoms with Gasteiger partial charge in [-0.15, -0.1) is 0 Å². The molecule has 0 saturated heterocycles. The van der Waals surface area contributed by atoms with E-state index in [2.05, 4.69) is 50.3 Å². The monoisotopic (exact) mass is 478 g/mol. The van der Waals surface area contributed by atoms with Crippen LogP contribution in [0.2, 0.25) is 0 Å². The van der Waals surface area contributed by atoms with Crippen LogP contribution in [-0.2, 0) is 12.8 Å².